The highest BCUT2D eigenvalue weighted by Crippen LogP contribution is 2.34. The molecule has 120 valence electrons. The Morgan fingerprint density at radius 3 is 2.77 bits per heavy atom. The number of anilines is 1. The third-order valence-electron chi connectivity index (χ3n) is 5.51. The molecule has 1 aliphatic carbocycles. The normalized spacial score (nSPS) is 33.0. The van der Waals surface area contributed by atoms with Gasteiger partial charge in [-0.05, 0) is 50.7 Å². The predicted molar refractivity (Wildman–Crippen MR) is 85.9 cm³/mol. The van der Waals surface area contributed by atoms with Gasteiger partial charge in [0.25, 0.3) is 0 Å². The highest BCUT2D eigenvalue weighted by atomic mass is 16.5. The van der Waals surface area contributed by atoms with E-state index in [2.05, 4.69) is 20.4 Å². The summed E-state index contributed by atoms with van der Waals surface area (Å²) in [5, 5.41) is 12.0. The molecule has 3 aliphatic rings. The molecule has 3 atom stereocenters. The van der Waals surface area contributed by atoms with Crippen molar-refractivity contribution in [3.8, 4) is 0 Å². The smallest absolute Gasteiger partial charge is 0.149 e. The van der Waals surface area contributed by atoms with Crippen LogP contribution in [-0.2, 0) is 4.74 Å². The van der Waals surface area contributed by atoms with Crippen LogP contribution in [0.25, 0.3) is 0 Å². The quantitative estimate of drug-likeness (QED) is 0.928. The van der Waals surface area contributed by atoms with Gasteiger partial charge in [-0.3, -0.25) is 4.90 Å². The van der Waals surface area contributed by atoms with Crippen molar-refractivity contribution in [2.45, 2.75) is 57.2 Å². The number of aryl methyl sites for hydroxylation is 1. The SMILES string of the molecule is Cc1ccc(N[C@@H]2CN(C3CCC3)C[C@@H]3CCCO[C@@H]32)nn1. The van der Waals surface area contributed by atoms with Crippen LogP contribution >= 0.6 is 0 Å². The van der Waals surface area contributed by atoms with Crippen molar-refractivity contribution in [2.24, 2.45) is 5.92 Å². The van der Waals surface area contributed by atoms with Gasteiger partial charge < -0.3 is 10.1 Å². The van der Waals surface area contributed by atoms with Gasteiger partial charge in [0, 0.05) is 25.7 Å². The van der Waals surface area contributed by atoms with E-state index in [0.717, 1.165) is 30.7 Å². The van der Waals surface area contributed by atoms with Gasteiger partial charge in [0.2, 0.25) is 0 Å². The second kappa shape index (κ2) is 6.13. The molecule has 1 saturated carbocycles. The molecule has 0 unspecified atom stereocenters. The Balaban J connectivity index is 1.50. The van der Waals surface area contributed by atoms with Crippen LogP contribution in [0.3, 0.4) is 0 Å². The molecule has 0 aromatic carbocycles. The number of nitrogens with one attached hydrogen (secondary N) is 1. The zero-order chi connectivity index (χ0) is 14.9. The number of rotatable bonds is 3. The second-order valence-electron chi connectivity index (χ2n) is 7.09. The molecule has 5 heteroatoms. The van der Waals surface area contributed by atoms with Crippen molar-refractivity contribution in [2.75, 3.05) is 25.0 Å². The van der Waals surface area contributed by atoms with Crippen molar-refractivity contribution in [1.82, 2.24) is 15.1 Å². The molecule has 3 fully saturated rings. The molecule has 0 bridgehead atoms. The topological polar surface area (TPSA) is 50.3 Å². The minimum absolute atomic E-state index is 0.327. The summed E-state index contributed by atoms with van der Waals surface area (Å²) in [6, 6.07) is 5.18. The van der Waals surface area contributed by atoms with Crippen molar-refractivity contribution in [1.29, 1.82) is 0 Å². The molecule has 2 saturated heterocycles. The van der Waals surface area contributed by atoms with E-state index in [0.29, 0.717) is 18.1 Å². The Bertz CT molecular complexity index is 502. The van der Waals surface area contributed by atoms with Gasteiger partial charge in [-0.25, -0.2) is 0 Å². The number of aromatic nitrogens is 2. The lowest BCUT2D eigenvalue weighted by atomic mass is 9.82. The van der Waals surface area contributed by atoms with Gasteiger partial charge >= 0.3 is 0 Å². The first-order valence-corrected chi connectivity index (χ1v) is 8.72. The third-order valence-corrected chi connectivity index (χ3v) is 5.51. The molecule has 0 spiro atoms. The van der Waals surface area contributed by atoms with E-state index in [9.17, 15) is 0 Å². The number of ether oxygens (including phenoxy) is 1. The molecule has 3 heterocycles. The highest BCUT2D eigenvalue weighted by molar-refractivity contribution is 5.35. The highest BCUT2D eigenvalue weighted by Gasteiger charge is 2.42. The molecule has 4 rings (SSSR count). The maximum absolute atomic E-state index is 6.13. The van der Waals surface area contributed by atoms with E-state index >= 15 is 0 Å². The van der Waals surface area contributed by atoms with Crippen molar-refractivity contribution in [3.63, 3.8) is 0 Å². The largest absolute Gasteiger partial charge is 0.376 e. The number of hydrogen-bond donors (Lipinski definition) is 1. The van der Waals surface area contributed by atoms with E-state index < -0.39 is 0 Å². The molecule has 5 nitrogen and oxygen atoms in total. The Kier molecular flexibility index (Phi) is 4.01. The molecule has 2 aliphatic heterocycles. The average molecular weight is 302 g/mol. The summed E-state index contributed by atoms with van der Waals surface area (Å²) in [6.45, 7) is 5.16. The zero-order valence-corrected chi connectivity index (χ0v) is 13.4. The molecule has 22 heavy (non-hydrogen) atoms. The lowest BCUT2D eigenvalue weighted by Gasteiger charge is -2.50. The summed E-state index contributed by atoms with van der Waals surface area (Å²) < 4.78 is 6.13. The van der Waals surface area contributed by atoms with Gasteiger partial charge in [-0.15, -0.1) is 5.10 Å². The standard InChI is InChI=1S/C17H26N4O/c1-12-7-8-16(20-19-12)18-15-11-21(14-5-2-6-14)10-13-4-3-9-22-17(13)15/h7-8,13-15,17H,2-6,9-11H2,1H3,(H,18,20)/t13-,15+,17-/m0/s1. The van der Waals surface area contributed by atoms with Crippen LogP contribution in [0, 0.1) is 12.8 Å². The van der Waals surface area contributed by atoms with Gasteiger partial charge in [0.05, 0.1) is 17.8 Å². The van der Waals surface area contributed by atoms with E-state index in [4.69, 9.17) is 4.74 Å². The summed E-state index contributed by atoms with van der Waals surface area (Å²) in [4.78, 5) is 2.69. The first kappa shape index (κ1) is 14.4. The molecule has 0 radical (unpaired) electrons. The minimum Gasteiger partial charge on any atom is -0.376 e. The Hall–Kier alpha value is -1.20. The number of likely N-dealkylation sites (tertiary alicyclic amines) is 1. The van der Waals surface area contributed by atoms with E-state index in [1.165, 1.54) is 38.6 Å². The molecular formula is C17H26N4O. The number of fused-ring (bicyclic) bond motifs is 1. The predicted octanol–water partition coefficient (Wildman–Crippen LogP) is 2.23. The summed E-state index contributed by atoms with van der Waals surface area (Å²) in [7, 11) is 0. The maximum Gasteiger partial charge on any atom is 0.149 e. The fourth-order valence-electron chi connectivity index (χ4n) is 4.08. The molecule has 1 N–H and O–H groups in total. The van der Waals surface area contributed by atoms with Crippen LogP contribution in [0.1, 0.15) is 37.8 Å². The van der Waals surface area contributed by atoms with Crippen LogP contribution < -0.4 is 5.32 Å². The van der Waals surface area contributed by atoms with Crippen LogP contribution in [-0.4, -0.2) is 53.0 Å². The lowest BCUT2D eigenvalue weighted by molar-refractivity contribution is -0.0861. The van der Waals surface area contributed by atoms with Crippen LogP contribution in [0.5, 0.6) is 0 Å². The lowest BCUT2D eigenvalue weighted by Crippen LogP contribution is -2.60. The number of hydrogen-bond acceptors (Lipinski definition) is 5. The van der Waals surface area contributed by atoms with Gasteiger partial charge in [-0.1, -0.05) is 6.42 Å². The average Bonchev–Trinajstić information content (AvgIpc) is 2.48. The van der Waals surface area contributed by atoms with Crippen molar-refractivity contribution >= 4 is 5.82 Å². The minimum atomic E-state index is 0.327. The molecule has 1 aromatic heterocycles. The fraction of sp³-hybridized carbons (Fsp3) is 0.765. The number of nitrogens with zero attached hydrogens (tertiary/aromatic N) is 3. The van der Waals surface area contributed by atoms with Crippen LogP contribution in [0.15, 0.2) is 12.1 Å². The second-order valence-corrected chi connectivity index (χ2v) is 7.09. The Morgan fingerprint density at radius 2 is 2.05 bits per heavy atom. The monoisotopic (exact) mass is 302 g/mol. The summed E-state index contributed by atoms with van der Waals surface area (Å²) in [5.41, 5.74) is 0.956. The number of piperidine rings is 1. The van der Waals surface area contributed by atoms with E-state index in [1.807, 2.05) is 19.1 Å². The first-order valence-electron chi connectivity index (χ1n) is 8.72. The zero-order valence-electron chi connectivity index (χ0n) is 13.4. The molecular weight excluding hydrogens is 276 g/mol. The van der Waals surface area contributed by atoms with Crippen LogP contribution in [0.4, 0.5) is 5.82 Å². The van der Waals surface area contributed by atoms with Gasteiger partial charge in [0.1, 0.15) is 5.82 Å². The Labute approximate surface area is 132 Å². The first-order chi connectivity index (χ1) is 10.8. The summed E-state index contributed by atoms with van der Waals surface area (Å²) in [6.07, 6.45) is 6.97. The third kappa shape index (κ3) is 2.84. The molecule has 0 amide bonds. The maximum atomic E-state index is 6.13. The molecule has 1 aromatic rings. The summed E-state index contributed by atoms with van der Waals surface area (Å²) >= 11 is 0. The van der Waals surface area contributed by atoms with Gasteiger partial charge in [0.15, 0.2) is 0 Å². The van der Waals surface area contributed by atoms with Gasteiger partial charge in [-0.2, -0.15) is 5.10 Å². The summed E-state index contributed by atoms with van der Waals surface area (Å²) in [5.74, 6) is 1.54. The Morgan fingerprint density at radius 1 is 1.14 bits per heavy atom. The van der Waals surface area contributed by atoms with Crippen molar-refractivity contribution in [3.05, 3.63) is 17.8 Å². The van der Waals surface area contributed by atoms with Crippen LogP contribution in [0.2, 0.25) is 0 Å². The van der Waals surface area contributed by atoms with Crippen molar-refractivity contribution < 1.29 is 4.74 Å². The van der Waals surface area contributed by atoms with E-state index in [-0.39, 0.29) is 0 Å². The van der Waals surface area contributed by atoms with E-state index in [1.54, 1.807) is 0 Å². The fourth-order valence-corrected chi connectivity index (χ4v) is 4.08.